The fraction of sp³-hybridized carbons (Fsp3) is 0.500. The Morgan fingerprint density at radius 3 is 2.79 bits per heavy atom. The number of rotatable bonds is 2. The van der Waals surface area contributed by atoms with Crippen LogP contribution in [0.25, 0.3) is 0 Å². The van der Waals surface area contributed by atoms with Gasteiger partial charge in [0.15, 0.2) is 0 Å². The molecule has 0 radical (unpaired) electrons. The van der Waals surface area contributed by atoms with E-state index < -0.39 is 0 Å². The van der Waals surface area contributed by atoms with Crippen LogP contribution in [0.15, 0.2) is 24.7 Å². The van der Waals surface area contributed by atoms with Gasteiger partial charge in [0.2, 0.25) is 5.95 Å². The second-order valence-electron chi connectivity index (χ2n) is 5.56. The van der Waals surface area contributed by atoms with E-state index in [0.717, 1.165) is 25.5 Å². The SMILES string of the molecule is Cc1cn[nH]c1[C@@]1(C)CCCN(c2ncccn2)C1. The predicted octanol–water partition coefficient (Wildman–Crippen LogP) is 2.07. The summed E-state index contributed by atoms with van der Waals surface area (Å²) in [6, 6.07) is 1.85. The normalized spacial score (nSPS) is 23.6. The average molecular weight is 257 g/mol. The van der Waals surface area contributed by atoms with Gasteiger partial charge in [-0.1, -0.05) is 6.92 Å². The van der Waals surface area contributed by atoms with Crippen molar-refractivity contribution in [2.75, 3.05) is 18.0 Å². The van der Waals surface area contributed by atoms with Gasteiger partial charge >= 0.3 is 0 Å². The van der Waals surface area contributed by atoms with E-state index >= 15 is 0 Å². The highest BCUT2D eigenvalue weighted by Crippen LogP contribution is 2.34. The van der Waals surface area contributed by atoms with Crippen LogP contribution in [-0.2, 0) is 5.41 Å². The number of aromatic amines is 1. The molecule has 5 heteroatoms. The van der Waals surface area contributed by atoms with Crippen LogP contribution in [-0.4, -0.2) is 33.3 Å². The predicted molar refractivity (Wildman–Crippen MR) is 74.2 cm³/mol. The molecule has 0 unspecified atom stereocenters. The summed E-state index contributed by atoms with van der Waals surface area (Å²) >= 11 is 0. The first-order valence-electron chi connectivity index (χ1n) is 6.71. The number of hydrogen-bond acceptors (Lipinski definition) is 4. The van der Waals surface area contributed by atoms with Gasteiger partial charge in [-0.15, -0.1) is 0 Å². The maximum Gasteiger partial charge on any atom is 0.225 e. The number of aromatic nitrogens is 4. The molecule has 5 nitrogen and oxygen atoms in total. The molecule has 2 aromatic rings. The Hall–Kier alpha value is -1.91. The lowest BCUT2D eigenvalue weighted by Crippen LogP contribution is -2.45. The Morgan fingerprint density at radius 2 is 2.11 bits per heavy atom. The Bertz CT molecular complexity index is 550. The van der Waals surface area contributed by atoms with E-state index in [-0.39, 0.29) is 5.41 Å². The van der Waals surface area contributed by atoms with E-state index in [1.165, 1.54) is 17.7 Å². The largest absolute Gasteiger partial charge is 0.340 e. The molecule has 1 fully saturated rings. The molecular weight excluding hydrogens is 238 g/mol. The van der Waals surface area contributed by atoms with Crippen molar-refractivity contribution in [3.05, 3.63) is 35.9 Å². The van der Waals surface area contributed by atoms with Gasteiger partial charge in [0.1, 0.15) is 0 Å². The molecule has 0 aromatic carbocycles. The van der Waals surface area contributed by atoms with Crippen LogP contribution in [0.2, 0.25) is 0 Å². The molecule has 0 spiro atoms. The molecular formula is C14H19N5. The lowest BCUT2D eigenvalue weighted by atomic mass is 9.78. The third-order valence-electron chi connectivity index (χ3n) is 3.96. The van der Waals surface area contributed by atoms with E-state index in [4.69, 9.17) is 0 Å². The van der Waals surface area contributed by atoms with Gasteiger partial charge in [-0.05, 0) is 31.4 Å². The Labute approximate surface area is 113 Å². The maximum absolute atomic E-state index is 4.36. The highest BCUT2D eigenvalue weighted by molar-refractivity contribution is 5.35. The molecule has 100 valence electrons. The first kappa shape index (κ1) is 12.1. The van der Waals surface area contributed by atoms with Crippen molar-refractivity contribution >= 4 is 5.95 Å². The zero-order valence-corrected chi connectivity index (χ0v) is 11.4. The first-order chi connectivity index (χ1) is 9.19. The summed E-state index contributed by atoms with van der Waals surface area (Å²) in [4.78, 5) is 11.0. The number of hydrogen-bond donors (Lipinski definition) is 1. The summed E-state index contributed by atoms with van der Waals surface area (Å²) in [6.45, 7) is 6.36. The summed E-state index contributed by atoms with van der Waals surface area (Å²) in [5.41, 5.74) is 2.57. The molecule has 0 saturated carbocycles. The number of anilines is 1. The fourth-order valence-corrected chi connectivity index (χ4v) is 3.03. The van der Waals surface area contributed by atoms with Crippen LogP contribution >= 0.6 is 0 Å². The molecule has 3 heterocycles. The minimum absolute atomic E-state index is 0.0953. The highest BCUT2D eigenvalue weighted by atomic mass is 15.3. The maximum atomic E-state index is 4.36. The van der Waals surface area contributed by atoms with Gasteiger partial charge in [-0.3, -0.25) is 5.10 Å². The smallest absolute Gasteiger partial charge is 0.225 e. The molecule has 19 heavy (non-hydrogen) atoms. The van der Waals surface area contributed by atoms with Crippen LogP contribution < -0.4 is 4.90 Å². The molecule has 3 rings (SSSR count). The lowest BCUT2D eigenvalue weighted by Gasteiger charge is -2.40. The second-order valence-corrected chi connectivity index (χ2v) is 5.56. The fourth-order valence-electron chi connectivity index (χ4n) is 3.03. The summed E-state index contributed by atoms with van der Waals surface area (Å²) in [6.07, 6.45) is 7.82. The molecule has 0 aliphatic carbocycles. The monoisotopic (exact) mass is 257 g/mol. The summed E-state index contributed by atoms with van der Waals surface area (Å²) in [5, 5.41) is 7.34. The molecule has 1 saturated heterocycles. The average Bonchev–Trinajstić information content (AvgIpc) is 2.87. The van der Waals surface area contributed by atoms with E-state index in [0.29, 0.717) is 0 Å². The molecule has 1 atom stereocenters. The van der Waals surface area contributed by atoms with Crippen molar-refractivity contribution in [1.82, 2.24) is 20.2 Å². The van der Waals surface area contributed by atoms with E-state index in [9.17, 15) is 0 Å². The number of piperidine rings is 1. The van der Waals surface area contributed by atoms with Crippen LogP contribution in [0.5, 0.6) is 0 Å². The third-order valence-corrected chi connectivity index (χ3v) is 3.96. The lowest BCUT2D eigenvalue weighted by molar-refractivity contribution is 0.360. The minimum Gasteiger partial charge on any atom is -0.340 e. The number of nitrogens with zero attached hydrogens (tertiary/aromatic N) is 4. The van der Waals surface area contributed by atoms with Gasteiger partial charge in [0, 0.05) is 36.6 Å². The van der Waals surface area contributed by atoms with Crippen molar-refractivity contribution < 1.29 is 0 Å². The van der Waals surface area contributed by atoms with Gasteiger partial charge in [0.05, 0.1) is 6.20 Å². The van der Waals surface area contributed by atoms with E-state index in [1.54, 1.807) is 12.4 Å². The first-order valence-corrected chi connectivity index (χ1v) is 6.71. The van der Waals surface area contributed by atoms with E-state index in [2.05, 4.69) is 38.9 Å². The topological polar surface area (TPSA) is 57.7 Å². The van der Waals surface area contributed by atoms with Gasteiger partial charge in [0.25, 0.3) is 0 Å². The molecule has 0 bridgehead atoms. The molecule has 1 aliphatic heterocycles. The van der Waals surface area contributed by atoms with Gasteiger partial charge in [-0.2, -0.15) is 5.10 Å². The molecule has 2 aromatic heterocycles. The van der Waals surface area contributed by atoms with Gasteiger partial charge < -0.3 is 4.90 Å². The quantitative estimate of drug-likeness (QED) is 0.894. The van der Waals surface area contributed by atoms with Crippen molar-refractivity contribution in [3.8, 4) is 0 Å². The zero-order valence-electron chi connectivity index (χ0n) is 11.4. The highest BCUT2D eigenvalue weighted by Gasteiger charge is 2.35. The third kappa shape index (κ3) is 2.20. The van der Waals surface area contributed by atoms with Crippen molar-refractivity contribution in [1.29, 1.82) is 0 Å². The summed E-state index contributed by atoms with van der Waals surface area (Å²) in [5.74, 6) is 0.825. The van der Waals surface area contributed by atoms with E-state index in [1.807, 2.05) is 12.3 Å². The number of aryl methyl sites for hydroxylation is 1. The van der Waals surface area contributed by atoms with Gasteiger partial charge in [-0.25, -0.2) is 9.97 Å². The summed E-state index contributed by atoms with van der Waals surface area (Å²) < 4.78 is 0. The Morgan fingerprint density at radius 1 is 1.32 bits per heavy atom. The minimum atomic E-state index is 0.0953. The second kappa shape index (κ2) is 4.64. The standard InChI is InChI=1S/C14H19N5/c1-11-9-17-18-12(11)14(2)5-3-8-19(10-14)13-15-6-4-7-16-13/h4,6-7,9H,3,5,8,10H2,1-2H3,(H,17,18)/t14-/m0/s1. The van der Waals surface area contributed by atoms with Crippen molar-refractivity contribution in [2.45, 2.75) is 32.1 Å². The van der Waals surface area contributed by atoms with Crippen LogP contribution in [0.1, 0.15) is 31.0 Å². The molecule has 0 amide bonds. The summed E-state index contributed by atoms with van der Waals surface area (Å²) in [7, 11) is 0. The number of nitrogens with one attached hydrogen (secondary N) is 1. The zero-order chi connectivity index (χ0) is 13.3. The van der Waals surface area contributed by atoms with Crippen LogP contribution in [0.3, 0.4) is 0 Å². The van der Waals surface area contributed by atoms with Crippen LogP contribution in [0.4, 0.5) is 5.95 Å². The van der Waals surface area contributed by atoms with Crippen molar-refractivity contribution in [2.24, 2.45) is 0 Å². The number of H-pyrrole nitrogens is 1. The van der Waals surface area contributed by atoms with Crippen LogP contribution in [0, 0.1) is 6.92 Å². The molecule has 1 aliphatic rings. The molecule has 1 N–H and O–H groups in total. The van der Waals surface area contributed by atoms with Crippen molar-refractivity contribution in [3.63, 3.8) is 0 Å². The Balaban J connectivity index is 1.88. The Kier molecular flexibility index (Phi) is 2.97.